The summed E-state index contributed by atoms with van der Waals surface area (Å²) in [5.74, 6) is -0.203. The Bertz CT molecular complexity index is 486. The number of amides is 1. The minimum absolute atomic E-state index is 0.203. The molecule has 1 aromatic rings. The Morgan fingerprint density at radius 3 is 2.62 bits per heavy atom. The predicted molar refractivity (Wildman–Crippen MR) is 89.5 cm³/mol. The van der Waals surface area contributed by atoms with Gasteiger partial charge in [-0.1, -0.05) is 17.7 Å². The highest BCUT2D eigenvalue weighted by Crippen LogP contribution is 2.38. The summed E-state index contributed by atoms with van der Waals surface area (Å²) in [4.78, 5) is 13.3. The van der Waals surface area contributed by atoms with Crippen LogP contribution >= 0.6 is 11.8 Å². The van der Waals surface area contributed by atoms with E-state index in [0.717, 1.165) is 25.7 Å². The van der Waals surface area contributed by atoms with E-state index in [2.05, 4.69) is 50.4 Å². The highest BCUT2D eigenvalue weighted by atomic mass is 32.2. The largest absolute Gasteiger partial charge is 0.368 e. The molecule has 1 aliphatic carbocycles. The van der Waals surface area contributed by atoms with E-state index in [1.54, 1.807) is 0 Å². The summed E-state index contributed by atoms with van der Waals surface area (Å²) in [5, 5.41) is 3.88. The average molecular weight is 306 g/mol. The van der Waals surface area contributed by atoms with Gasteiger partial charge in [0.25, 0.3) is 0 Å². The van der Waals surface area contributed by atoms with Gasteiger partial charge in [-0.25, -0.2) is 0 Å². The first kappa shape index (κ1) is 16.4. The Hall–Kier alpha value is -1.00. The summed E-state index contributed by atoms with van der Waals surface area (Å²) in [7, 11) is 0. The molecule has 0 heterocycles. The molecule has 2 rings (SSSR count). The number of benzene rings is 1. The van der Waals surface area contributed by atoms with Crippen LogP contribution in [-0.2, 0) is 4.79 Å². The van der Waals surface area contributed by atoms with E-state index in [0.29, 0.717) is 5.25 Å². The third-order valence-electron chi connectivity index (χ3n) is 4.07. The Labute approximate surface area is 132 Å². The fourth-order valence-electron chi connectivity index (χ4n) is 3.11. The van der Waals surface area contributed by atoms with E-state index in [1.807, 2.05) is 11.8 Å². The first-order valence-electron chi connectivity index (χ1n) is 7.72. The zero-order valence-electron chi connectivity index (χ0n) is 13.2. The second-order valence-electron chi connectivity index (χ2n) is 6.39. The first-order chi connectivity index (χ1) is 9.91. The molecule has 2 atom stereocenters. The normalized spacial score (nSPS) is 26.0. The molecule has 0 spiro atoms. The van der Waals surface area contributed by atoms with Crippen LogP contribution in [0.4, 0.5) is 0 Å². The fourth-order valence-corrected chi connectivity index (χ4v) is 4.44. The Kier molecular flexibility index (Phi) is 5.33. The number of nitrogens with two attached hydrogens (primary N) is 1. The number of hydrogen-bond donors (Lipinski definition) is 2. The quantitative estimate of drug-likeness (QED) is 0.878. The van der Waals surface area contributed by atoms with E-state index in [4.69, 9.17) is 5.73 Å². The van der Waals surface area contributed by atoms with Crippen LogP contribution in [0.2, 0.25) is 0 Å². The monoisotopic (exact) mass is 306 g/mol. The molecular weight excluding hydrogens is 280 g/mol. The van der Waals surface area contributed by atoms with Crippen molar-refractivity contribution < 1.29 is 4.79 Å². The molecule has 0 aliphatic heterocycles. The number of rotatable bonds is 5. The van der Waals surface area contributed by atoms with Crippen molar-refractivity contribution in [2.75, 3.05) is 0 Å². The number of aryl methyl sites for hydroxylation is 1. The van der Waals surface area contributed by atoms with Gasteiger partial charge in [0, 0.05) is 16.2 Å². The number of thioether (sulfide) groups is 1. The zero-order chi connectivity index (χ0) is 15.5. The predicted octanol–water partition coefficient (Wildman–Crippen LogP) is 3.25. The number of primary amides is 1. The van der Waals surface area contributed by atoms with Gasteiger partial charge in [-0.15, -0.1) is 11.8 Å². The minimum Gasteiger partial charge on any atom is -0.368 e. The molecule has 0 saturated heterocycles. The van der Waals surface area contributed by atoms with Crippen molar-refractivity contribution in [3.8, 4) is 0 Å². The SMILES string of the molecule is Cc1ccc(SC2CCCC(NC(C)C)(C(N)=O)C2)cc1. The lowest BCUT2D eigenvalue weighted by Gasteiger charge is -2.40. The van der Waals surface area contributed by atoms with Crippen LogP contribution in [0.1, 0.15) is 45.1 Å². The topological polar surface area (TPSA) is 55.1 Å². The Balaban J connectivity index is 2.08. The maximum absolute atomic E-state index is 12.0. The van der Waals surface area contributed by atoms with Crippen molar-refractivity contribution >= 4 is 17.7 Å². The molecular formula is C17H26N2OS. The number of hydrogen-bond acceptors (Lipinski definition) is 3. The smallest absolute Gasteiger partial charge is 0.237 e. The molecule has 3 N–H and O–H groups in total. The van der Waals surface area contributed by atoms with Crippen LogP contribution in [0, 0.1) is 6.92 Å². The molecule has 4 heteroatoms. The molecule has 21 heavy (non-hydrogen) atoms. The molecule has 1 amide bonds. The molecule has 116 valence electrons. The van der Waals surface area contributed by atoms with Gasteiger partial charge in [0.1, 0.15) is 0 Å². The molecule has 1 aromatic carbocycles. The first-order valence-corrected chi connectivity index (χ1v) is 8.60. The third kappa shape index (κ3) is 4.24. The molecule has 1 saturated carbocycles. The van der Waals surface area contributed by atoms with E-state index >= 15 is 0 Å². The molecule has 0 aromatic heterocycles. The highest BCUT2D eigenvalue weighted by molar-refractivity contribution is 8.00. The Morgan fingerprint density at radius 2 is 2.05 bits per heavy atom. The van der Waals surface area contributed by atoms with Crippen LogP contribution < -0.4 is 11.1 Å². The van der Waals surface area contributed by atoms with Gasteiger partial charge in [-0.2, -0.15) is 0 Å². The van der Waals surface area contributed by atoms with Crippen molar-refractivity contribution in [3.05, 3.63) is 29.8 Å². The van der Waals surface area contributed by atoms with Gasteiger partial charge in [0.2, 0.25) is 5.91 Å². The van der Waals surface area contributed by atoms with Crippen LogP contribution in [0.15, 0.2) is 29.2 Å². The number of nitrogens with one attached hydrogen (secondary N) is 1. The van der Waals surface area contributed by atoms with E-state index < -0.39 is 5.54 Å². The standard InChI is InChI=1S/C17H26N2OS/c1-12(2)19-17(16(18)20)10-4-5-15(11-17)21-14-8-6-13(3)7-9-14/h6-9,12,15,19H,4-5,10-11H2,1-3H3,(H2,18,20). The second kappa shape index (κ2) is 6.84. The maximum Gasteiger partial charge on any atom is 0.237 e. The van der Waals surface area contributed by atoms with Gasteiger partial charge in [-0.05, 0) is 58.6 Å². The lowest BCUT2D eigenvalue weighted by molar-refractivity contribution is -0.126. The van der Waals surface area contributed by atoms with Crippen molar-refractivity contribution in [1.82, 2.24) is 5.32 Å². The van der Waals surface area contributed by atoms with Crippen LogP contribution in [0.3, 0.4) is 0 Å². The van der Waals surface area contributed by atoms with E-state index in [1.165, 1.54) is 10.5 Å². The Morgan fingerprint density at radius 1 is 1.38 bits per heavy atom. The second-order valence-corrected chi connectivity index (χ2v) is 7.77. The van der Waals surface area contributed by atoms with Crippen molar-refractivity contribution in [2.45, 2.75) is 68.2 Å². The van der Waals surface area contributed by atoms with Gasteiger partial charge in [0.05, 0.1) is 5.54 Å². The number of carbonyl (C=O) groups excluding carboxylic acids is 1. The number of carbonyl (C=O) groups is 1. The molecule has 1 fully saturated rings. The summed E-state index contributed by atoms with van der Waals surface area (Å²) in [5.41, 5.74) is 6.46. The molecule has 0 radical (unpaired) electrons. The summed E-state index contributed by atoms with van der Waals surface area (Å²) >= 11 is 1.87. The van der Waals surface area contributed by atoms with Crippen LogP contribution in [-0.4, -0.2) is 22.7 Å². The summed E-state index contributed by atoms with van der Waals surface area (Å²) < 4.78 is 0. The highest BCUT2D eigenvalue weighted by Gasteiger charge is 2.41. The van der Waals surface area contributed by atoms with Gasteiger partial charge in [-0.3, -0.25) is 4.79 Å². The lowest BCUT2D eigenvalue weighted by Crippen LogP contribution is -2.60. The van der Waals surface area contributed by atoms with Crippen molar-refractivity contribution in [3.63, 3.8) is 0 Å². The average Bonchev–Trinajstić information content (AvgIpc) is 2.41. The van der Waals surface area contributed by atoms with Crippen LogP contribution in [0.25, 0.3) is 0 Å². The summed E-state index contributed by atoms with van der Waals surface area (Å²) in [6.07, 6.45) is 3.87. The molecule has 3 nitrogen and oxygen atoms in total. The molecule has 1 aliphatic rings. The van der Waals surface area contributed by atoms with Crippen molar-refractivity contribution in [1.29, 1.82) is 0 Å². The van der Waals surface area contributed by atoms with Crippen LogP contribution in [0.5, 0.6) is 0 Å². The third-order valence-corrected chi connectivity index (χ3v) is 5.35. The minimum atomic E-state index is -0.533. The maximum atomic E-state index is 12.0. The van der Waals surface area contributed by atoms with Gasteiger partial charge >= 0.3 is 0 Å². The lowest BCUT2D eigenvalue weighted by atomic mass is 9.80. The summed E-state index contributed by atoms with van der Waals surface area (Å²) in [6, 6.07) is 8.87. The summed E-state index contributed by atoms with van der Waals surface area (Å²) in [6.45, 7) is 6.24. The van der Waals surface area contributed by atoms with E-state index in [9.17, 15) is 4.79 Å². The van der Waals surface area contributed by atoms with E-state index in [-0.39, 0.29) is 11.9 Å². The van der Waals surface area contributed by atoms with Gasteiger partial charge in [0.15, 0.2) is 0 Å². The van der Waals surface area contributed by atoms with Gasteiger partial charge < -0.3 is 11.1 Å². The molecule has 2 unspecified atom stereocenters. The fraction of sp³-hybridized carbons (Fsp3) is 0.588. The molecule has 0 bridgehead atoms. The zero-order valence-corrected chi connectivity index (χ0v) is 14.0. The van der Waals surface area contributed by atoms with Crippen molar-refractivity contribution in [2.24, 2.45) is 5.73 Å².